The van der Waals surface area contributed by atoms with E-state index in [1.165, 1.54) is 27.6 Å². The van der Waals surface area contributed by atoms with E-state index in [1.54, 1.807) is 11.3 Å². The van der Waals surface area contributed by atoms with Crippen molar-refractivity contribution in [3.05, 3.63) is 52.9 Å². The number of nitrogens with zero attached hydrogens (tertiary/aromatic N) is 4. The molecule has 0 bridgehead atoms. The highest BCUT2D eigenvalue weighted by molar-refractivity contribution is 7.99. The van der Waals surface area contributed by atoms with Gasteiger partial charge < -0.3 is 10.7 Å². The highest BCUT2D eigenvalue weighted by Gasteiger charge is 2.26. The van der Waals surface area contributed by atoms with Crippen molar-refractivity contribution in [1.82, 2.24) is 19.8 Å². The summed E-state index contributed by atoms with van der Waals surface area (Å²) >= 11 is 2.88. The van der Waals surface area contributed by atoms with Crippen molar-refractivity contribution in [3.8, 4) is 10.7 Å². The predicted molar refractivity (Wildman–Crippen MR) is 109 cm³/mol. The molecule has 0 fully saturated rings. The van der Waals surface area contributed by atoms with Crippen molar-refractivity contribution in [2.45, 2.75) is 30.5 Å². The molecule has 8 heteroatoms. The molecule has 1 atom stereocenters. The van der Waals surface area contributed by atoms with Crippen molar-refractivity contribution in [3.63, 3.8) is 0 Å². The smallest absolute Gasteiger partial charge is 0.233 e. The molecule has 2 aromatic heterocycles. The van der Waals surface area contributed by atoms with Gasteiger partial charge in [-0.15, -0.1) is 21.5 Å². The van der Waals surface area contributed by atoms with Gasteiger partial charge in [-0.1, -0.05) is 42.1 Å². The summed E-state index contributed by atoms with van der Waals surface area (Å²) in [6, 6.07) is 12.5. The van der Waals surface area contributed by atoms with Gasteiger partial charge in [0.2, 0.25) is 11.1 Å². The van der Waals surface area contributed by atoms with E-state index < -0.39 is 0 Å². The lowest BCUT2D eigenvalue weighted by Gasteiger charge is -2.33. The van der Waals surface area contributed by atoms with E-state index in [1.807, 2.05) is 35.5 Å². The van der Waals surface area contributed by atoms with Crippen LogP contribution in [0.3, 0.4) is 0 Å². The first kappa shape index (κ1) is 18.1. The van der Waals surface area contributed by atoms with Crippen LogP contribution in [0.1, 0.15) is 30.0 Å². The summed E-state index contributed by atoms with van der Waals surface area (Å²) in [5.74, 6) is 7.09. The first-order valence-electron chi connectivity index (χ1n) is 8.86. The maximum absolute atomic E-state index is 12.8. The Hall–Kier alpha value is -2.32. The third-order valence-corrected chi connectivity index (χ3v) is 6.72. The monoisotopic (exact) mass is 399 g/mol. The van der Waals surface area contributed by atoms with Gasteiger partial charge in [0.05, 0.1) is 16.7 Å². The summed E-state index contributed by atoms with van der Waals surface area (Å²) in [4.78, 5) is 15.6. The summed E-state index contributed by atoms with van der Waals surface area (Å²) in [6.07, 6.45) is 3.19. The molecule has 0 spiro atoms. The fraction of sp³-hybridized carbons (Fsp3) is 0.316. The molecule has 1 aliphatic rings. The Balaban J connectivity index is 1.43. The van der Waals surface area contributed by atoms with E-state index in [-0.39, 0.29) is 17.7 Å². The molecule has 140 valence electrons. The number of hydrogen-bond donors (Lipinski definition) is 1. The highest BCUT2D eigenvalue weighted by atomic mass is 32.2. The minimum atomic E-state index is 0.0716. The Morgan fingerprint density at radius 2 is 2.19 bits per heavy atom. The number of aromatic nitrogens is 3. The topological polar surface area (TPSA) is 77.0 Å². The van der Waals surface area contributed by atoms with Crippen molar-refractivity contribution >= 4 is 29.0 Å². The SMILES string of the molecule is CN(C(=O)CSc1nnc(-c2cccs2)n1N)C1CCCc2ccccc21. The molecule has 1 amide bonds. The lowest BCUT2D eigenvalue weighted by Crippen LogP contribution is -2.34. The summed E-state index contributed by atoms with van der Waals surface area (Å²) in [5.41, 5.74) is 2.62. The van der Waals surface area contributed by atoms with Crippen LogP contribution in [0.15, 0.2) is 46.9 Å². The van der Waals surface area contributed by atoms with E-state index in [4.69, 9.17) is 5.84 Å². The molecule has 0 radical (unpaired) electrons. The van der Waals surface area contributed by atoms with Crippen LogP contribution in [-0.4, -0.2) is 38.5 Å². The summed E-state index contributed by atoms with van der Waals surface area (Å²) in [7, 11) is 1.89. The third-order valence-electron chi connectivity index (χ3n) is 4.93. The zero-order valence-electron chi connectivity index (χ0n) is 15.0. The number of aryl methyl sites for hydroxylation is 1. The number of fused-ring (bicyclic) bond motifs is 1. The lowest BCUT2D eigenvalue weighted by molar-refractivity contribution is -0.129. The van der Waals surface area contributed by atoms with Crippen molar-refractivity contribution in [2.24, 2.45) is 0 Å². The van der Waals surface area contributed by atoms with Crippen LogP contribution < -0.4 is 5.84 Å². The fourth-order valence-corrected chi connectivity index (χ4v) is 4.97. The molecule has 0 saturated heterocycles. The number of nitrogen functional groups attached to an aromatic ring is 1. The number of nitrogens with two attached hydrogens (primary N) is 1. The molecule has 1 aromatic carbocycles. The minimum Gasteiger partial charge on any atom is -0.338 e. The Morgan fingerprint density at radius 3 is 3.00 bits per heavy atom. The van der Waals surface area contributed by atoms with Crippen LogP contribution in [0, 0.1) is 0 Å². The van der Waals surface area contributed by atoms with Gasteiger partial charge in [0.15, 0.2) is 5.82 Å². The van der Waals surface area contributed by atoms with Crippen LogP contribution in [0.5, 0.6) is 0 Å². The Labute approximate surface area is 166 Å². The first-order valence-corrected chi connectivity index (χ1v) is 10.7. The molecule has 0 aliphatic heterocycles. The number of carbonyl (C=O) groups excluding carboxylic acids is 1. The summed E-state index contributed by atoms with van der Waals surface area (Å²) in [5, 5.41) is 10.8. The van der Waals surface area contributed by atoms with E-state index in [2.05, 4.69) is 28.4 Å². The van der Waals surface area contributed by atoms with E-state index in [9.17, 15) is 4.79 Å². The molecule has 0 saturated carbocycles. The van der Waals surface area contributed by atoms with Gasteiger partial charge >= 0.3 is 0 Å². The third kappa shape index (κ3) is 3.59. The number of benzene rings is 1. The second kappa shape index (κ2) is 7.74. The van der Waals surface area contributed by atoms with Gasteiger partial charge in [-0.25, -0.2) is 4.68 Å². The average molecular weight is 400 g/mol. The van der Waals surface area contributed by atoms with Crippen LogP contribution in [0.2, 0.25) is 0 Å². The quantitative estimate of drug-likeness (QED) is 0.526. The zero-order chi connectivity index (χ0) is 18.8. The van der Waals surface area contributed by atoms with Crippen molar-refractivity contribution in [2.75, 3.05) is 18.6 Å². The van der Waals surface area contributed by atoms with Gasteiger partial charge in [-0.3, -0.25) is 4.79 Å². The standard InChI is InChI=1S/C19H21N5OS2/c1-23(15-9-4-7-13-6-2-3-8-14(13)15)17(25)12-27-19-22-21-18(24(19)20)16-10-5-11-26-16/h2-3,5-6,8,10-11,15H,4,7,9,12,20H2,1H3. The molecule has 3 aromatic rings. The predicted octanol–water partition coefficient (Wildman–Crippen LogP) is 3.35. The maximum Gasteiger partial charge on any atom is 0.233 e. The molecule has 1 aliphatic carbocycles. The van der Waals surface area contributed by atoms with Crippen LogP contribution in [-0.2, 0) is 11.2 Å². The van der Waals surface area contributed by atoms with Crippen molar-refractivity contribution < 1.29 is 4.79 Å². The molecule has 27 heavy (non-hydrogen) atoms. The first-order chi connectivity index (χ1) is 13.1. The maximum atomic E-state index is 12.8. The van der Waals surface area contributed by atoms with E-state index >= 15 is 0 Å². The van der Waals surface area contributed by atoms with Gasteiger partial charge in [0, 0.05) is 7.05 Å². The van der Waals surface area contributed by atoms with Crippen LogP contribution >= 0.6 is 23.1 Å². The van der Waals surface area contributed by atoms with Gasteiger partial charge in [-0.2, -0.15) is 0 Å². The van der Waals surface area contributed by atoms with Crippen LogP contribution in [0.25, 0.3) is 10.7 Å². The summed E-state index contributed by atoms with van der Waals surface area (Å²) < 4.78 is 1.46. The van der Waals surface area contributed by atoms with Gasteiger partial charge in [-0.05, 0) is 41.8 Å². The second-order valence-corrected chi connectivity index (χ2v) is 8.44. The zero-order valence-corrected chi connectivity index (χ0v) is 16.7. The number of amides is 1. The van der Waals surface area contributed by atoms with Crippen molar-refractivity contribution in [1.29, 1.82) is 0 Å². The summed E-state index contributed by atoms with van der Waals surface area (Å²) in [6.45, 7) is 0. The lowest BCUT2D eigenvalue weighted by atomic mass is 9.87. The van der Waals surface area contributed by atoms with Gasteiger partial charge in [0.1, 0.15) is 0 Å². The molecular weight excluding hydrogens is 378 g/mol. The Morgan fingerprint density at radius 1 is 1.33 bits per heavy atom. The molecule has 4 rings (SSSR count). The number of carbonyl (C=O) groups is 1. The number of thioether (sulfide) groups is 1. The normalized spacial score (nSPS) is 16.1. The van der Waals surface area contributed by atoms with Crippen LogP contribution in [0.4, 0.5) is 0 Å². The number of thiophene rings is 1. The fourth-order valence-electron chi connectivity index (χ4n) is 3.48. The molecule has 1 unspecified atom stereocenters. The molecule has 6 nitrogen and oxygen atoms in total. The highest BCUT2D eigenvalue weighted by Crippen LogP contribution is 2.34. The van der Waals surface area contributed by atoms with E-state index in [0.29, 0.717) is 11.0 Å². The average Bonchev–Trinajstić information content (AvgIpc) is 3.35. The number of hydrogen-bond acceptors (Lipinski definition) is 6. The van der Waals surface area contributed by atoms with E-state index in [0.717, 1.165) is 24.1 Å². The Bertz CT molecular complexity index is 937. The second-order valence-electron chi connectivity index (χ2n) is 6.55. The molecular formula is C19H21N5OS2. The van der Waals surface area contributed by atoms with Gasteiger partial charge in [0.25, 0.3) is 0 Å². The number of rotatable bonds is 5. The Kier molecular flexibility index (Phi) is 5.18. The minimum absolute atomic E-state index is 0.0716. The molecule has 2 heterocycles. The molecule has 2 N–H and O–H groups in total. The largest absolute Gasteiger partial charge is 0.338 e.